The van der Waals surface area contributed by atoms with E-state index >= 15 is 0 Å². The molecule has 0 radical (unpaired) electrons. The quantitative estimate of drug-likeness (QED) is 0.283. The van der Waals surface area contributed by atoms with E-state index in [1.165, 1.54) is 50.6 Å². The normalized spacial score (nSPS) is 11.2. The molecule has 1 nitrogen and oxygen atoms in total. The van der Waals surface area contributed by atoms with Crippen LogP contribution in [0.3, 0.4) is 0 Å². The third-order valence-electron chi connectivity index (χ3n) is 2.65. The third-order valence-corrected chi connectivity index (χ3v) is 6.13. The maximum absolute atomic E-state index is 8.79. The number of aliphatic hydroxyl groups is 1. The van der Waals surface area contributed by atoms with E-state index in [0.717, 1.165) is 17.9 Å². The minimum Gasteiger partial charge on any atom is -0.396 e. The molecule has 0 spiro atoms. The molecule has 0 amide bonds. The van der Waals surface area contributed by atoms with Crippen molar-refractivity contribution in [3.05, 3.63) is 0 Å². The first-order chi connectivity index (χ1) is 7.85. The molecule has 0 heterocycles. The Morgan fingerprint density at radius 3 is 1.50 bits per heavy atom. The first-order valence-corrected chi connectivity index (χ1v) is 9.56. The molecule has 0 aromatic rings. The Kier molecular flexibility index (Phi) is 15.1. The number of rotatable bonds is 12. The lowest BCUT2D eigenvalue weighted by Crippen LogP contribution is -1.98. The van der Waals surface area contributed by atoms with Crippen LogP contribution in [0.25, 0.3) is 0 Å². The topological polar surface area (TPSA) is 20.2 Å². The van der Waals surface area contributed by atoms with Gasteiger partial charge in [-0.05, 0) is 68.5 Å². The van der Waals surface area contributed by atoms with Gasteiger partial charge in [0.05, 0.1) is 0 Å². The molecule has 0 unspecified atom stereocenters. The van der Waals surface area contributed by atoms with Crippen LogP contribution in [0.5, 0.6) is 0 Å². The Hall–Kier alpha value is 1.09. The summed E-state index contributed by atoms with van der Waals surface area (Å²) in [5, 5.41) is 8.79. The largest absolute Gasteiger partial charge is 0.396 e. The molecule has 4 heteroatoms. The van der Waals surface area contributed by atoms with Crippen LogP contribution in [-0.2, 0) is 0 Å². The van der Waals surface area contributed by atoms with Crippen LogP contribution < -0.4 is 0 Å². The van der Waals surface area contributed by atoms with Crippen molar-refractivity contribution in [3.63, 3.8) is 0 Å². The number of thiol groups is 2. The van der Waals surface area contributed by atoms with Gasteiger partial charge in [0.25, 0.3) is 0 Å². The molecule has 16 heavy (non-hydrogen) atoms. The minimum absolute atomic E-state index is 0.226. The van der Waals surface area contributed by atoms with Crippen molar-refractivity contribution in [1.29, 1.82) is 0 Å². The fraction of sp³-hybridized carbons (Fsp3) is 1.00. The molecule has 0 atom stereocenters. The second-order valence-electron chi connectivity index (χ2n) is 4.13. The van der Waals surface area contributed by atoms with Crippen LogP contribution >= 0.6 is 33.2 Å². The lowest BCUT2D eigenvalue weighted by atomic mass is 10.4. The van der Waals surface area contributed by atoms with Crippen LogP contribution in [0.2, 0.25) is 0 Å². The molecule has 0 saturated heterocycles. The molecule has 0 aliphatic carbocycles. The molecular formula is C12H27OPS2. The Bertz CT molecular complexity index is 112. The van der Waals surface area contributed by atoms with Gasteiger partial charge in [-0.3, -0.25) is 0 Å². The van der Waals surface area contributed by atoms with E-state index in [0.29, 0.717) is 6.61 Å². The van der Waals surface area contributed by atoms with Gasteiger partial charge in [0.1, 0.15) is 0 Å². The first kappa shape index (κ1) is 17.1. The highest BCUT2D eigenvalue weighted by Crippen LogP contribution is 2.38. The summed E-state index contributed by atoms with van der Waals surface area (Å²) in [6.45, 7) is 0.358. The fourth-order valence-corrected chi connectivity index (χ4v) is 4.81. The molecule has 0 aromatic heterocycles. The van der Waals surface area contributed by atoms with Gasteiger partial charge < -0.3 is 5.11 Å². The molecule has 0 aromatic carbocycles. The van der Waals surface area contributed by atoms with Crippen LogP contribution in [-0.4, -0.2) is 41.7 Å². The number of aliphatic hydroxyl groups excluding tert-OH is 1. The number of hydrogen-bond donors (Lipinski definition) is 3. The second kappa shape index (κ2) is 14.2. The summed E-state index contributed by atoms with van der Waals surface area (Å²) in [5.41, 5.74) is 0. The van der Waals surface area contributed by atoms with Gasteiger partial charge in [0.2, 0.25) is 0 Å². The highest BCUT2D eigenvalue weighted by atomic mass is 32.1. The maximum atomic E-state index is 8.79. The van der Waals surface area contributed by atoms with E-state index in [1.54, 1.807) is 0 Å². The van der Waals surface area contributed by atoms with Crippen molar-refractivity contribution in [2.24, 2.45) is 0 Å². The zero-order chi connectivity index (χ0) is 12.1. The Morgan fingerprint density at radius 2 is 1.12 bits per heavy atom. The average molecular weight is 282 g/mol. The van der Waals surface area contributed by atoms with Crippen LogP contribution in [0.1, 0.15) is 38.5 Å². The second-order valence-corrected chi connectivity index (χ2v) is 7.71. The maximum Gasteiger partial charge on any atom is 0.0431 e. The smallest absolute Gasteiger partial charge is 0.0431 e. The van der Waals surface area contributed by atoms with E-state index in [4.69, 9.17) is 5.11 Å². The first-order valence-electron chi connectivity index (χ1n) is 6.40. The highest BCUT2D eigenvalue weighted by molar-refractivity contribution is 7.80. The standard InChI is InChI=1S/C12H27OPS2/c13-7-1-2-8-14(9-3-5-11-15)10-4-6-12-16/h13,15-16H,1-12H2. The van der Waals surface area contributed by atoms with Crippen LogP contribution in [0.15, 0.2) is 0 Å². The summed E-state index contributed by atoms with van der Waals surface area (Å²) in [6.07, 6.45) is 11.6. The molecule has 0 aliphatic heterocycles. The summed E-state index contributed by atoms with van der Waals surface area (Å²) >= 11 is 8.52. The molecular weight excluding hydrogens is 255 g/mol. The van der Waals surface area contributed by atoms with Gasteiger partial charge in [-0.1, -0.05) is 0 Å². The summed E-state index contributed by atoms with van der Waals surface area (Å²) < 4.78 is 0. The van der Waals surface area contributed by atoms with E-state index in [1.807, 2.05) is 0 Å². The molecule has 1 N–H and O–H groups in total. The SMILES string of the molecule is OCCCCP(CCCCS)CCCCS. The predicted octanol–water partition coefficient (Wildman–Crippen LogP) is 3.66. The van der Waals surface area contributed by atoms with E-state index < -0.39 is 0 Å². The monoisotopic (exact) mass is 282 g/mol. The van der Waals surface area contributed by atoms with Crippen molar-refractivity contribution in [3.8, 4) is 0 Å². The van der Waals surface area contributed by atoms with Crippen molar-refractivity contribution >= 4 is 33.2 Å². The highest BCUT2D eigenvalue weighted by Gasteiger charge is 2.06. The van der Waals surface area contributed by atoms with Gasteiger partial charge in [0.15, 0.2) is 0 Å². The molecule has 0 saturated carbocycles. The van der Waals surface area contributed by atoms with Crippen molar-refractivity contribution in [2.75, 3.05) is 36.6 Å². The summed E-state index contributed by atoms with van der Waals surface area (Å²) in [5.74, 6) is 2.05. The zero-order valence-electron chi connectivity index (χ0n) is 10.3. The molecule has 0 bridgehead atoms. The minimum atomic E-state index is 0.226. The molecule has 0 fully saturated rings. The lowest BCUT2D eigenvalue weighted by molar-refractivity contribution is 0.287. The average Bonchev–Trinajstić information content (AvgIpc) is 2.29. The van der Waals surface area contributed by atoms with Crippen molar-refractivity contribution in [1.82, 2.24) is 0 Å². The van der Waals surface area contributed by atoms with E-state index in [9.17, 15) is 0 Å². The predicted molar refractivity (Wildman–Crippen MR) is 84.0 cm³/mol. The van der Waals surface area contributed by atoms with E-state index in [2.05, 4.69) is 25.3 Å². The molecule has 0 aliphatic rings. The zero-order valence-corrected chi connectivity index (χ0v) is 13.0. The van der Waals surface area contributed by atoms with Crippen LogP contribution in [0.4, 0.5) is 0 Å². The van der Waals surface area contributed by atoms with Gasteiger partial charge in [-0.2, -0.15) is 25.3 Å². The molecule has 98 valence electrons. The Labute approximate surface area is 113 Å². The molecule has 0 rings (SSSR count). The van der Waals surface area contributed by atoms with Crippen molar-refractivity contribution < 1.29 is 5.11 Å². The number of hydrogen-bond acceptors (Lipinski definition) is 3. The lowest BCUT2D eigenvalue weighted by Gasteiger charge is -2.17. The fourth-order valence-electron chi connectivity index (χ4n) is 1.68. The van der Waals surface area contributed by atoms with Gasteiger partial charge in [0, 0.05) is 6.61 Å². The summed E-state index contributed by atoms with van der Waals surface area (Å²) in [4.78, 5) is 0. The van der Waals surface area contributed by atoms with Gasteiger partial charge >= 0.3 is 0 Å². The van der Waals surface area contributed by atoms with Crippen LogP contribution in [0, 0.1) is 0 Å². The van der Waals surface area contributed by atoms with Gasteiger partial charge in [-0.15, -0.1) is 7.92 Å². The summed E-state index contributed by atoms with van der Waals surface area (Å²) in [6, 6.07) is 0. The Balaban J connectivity index is 3.58. The van der Waals surface area contributed by atoms with Crippen molar-refractivity contribution in [2.45, 2.75) is 38.5 Å². The Morgan fingerprint density at radius 1 is 0.688 bits per heavy atom. The van der Waals surface area contributed by atoms with E-state index in [-0.39, 0.29) is 7.92 Å². The third kappa shape index (κ3) is 11.6. The van der Waals surface area contributed by atoms with Gasteiger partial charge in [-0.25, -0.2) is 0 Å². The number of unbranched alkanes of at least 4 members (excludes halogenated alkanes) is 3. The summed E-state index contributed by atoms with van der Waals surface area (Å²) in [7, 11) is 0.226.